The monoisotopic (exact) mass is 513 g/mol. The van der Waals surface area contributed by atoms with Crippen LogP contribution in [0, 0.1) is 0 Å². The molecule has 0 unspecified atom stereocenters. The fourth-order valence-electron chi connectivity index (χ4n) is 2.88. The van der Waals surface area contributed by atoms with Crippen molar-refractivity contribution in [3.63, 3.8) is 0 Å². The summed E-state index contributed by atoms with van der Waals surface area (Å²) in [5.74, 6) is -2.39. The molecule has 0 saturated carbocycles. The van der Waals surface area contributed by atoms with Crippen molar-refractivity contribution in [1.29, 1.82) is 0 Å². The number of imidazole rings is 1. The Morgan fingerprint density at radius 3 is 2.48 bits per heavy atom. The first-order valence-corrected chi connectivity index (χ1v) is 9.05. The van der Waals surface area contributed by atoms with Gasteiger partial charge in [0.1, 0.15) is 6.54 Å². The van der Waals surface area contributed by atoms with E-state index < -0.39 is 42.3 Å². The number of halogens is 7. The molecule has 8 nitrogen and oxygen atoms in total. The number of nitrogens with one attached hydrogen (secondary N) is 1. The highest BCUT2D eigenvalue weighted by atomic mass is 35.5. The van der Waals surface area contributed by atoms with E-state index in [1.165, 1.54) is 19.2 Å². The average Bonchev–Trinajstić information content (AvgIpc) is 3.24. The Kier molecular flexibility index (Phi) is 7.70. The van der Waals surface area contributed by atoms with E-state index in [2.05, 4.69) is 15.4 Å². The molecule has 0 atom stereocenters. The highest BCUT2D eigenvalue weighted by molar-refractivity contribution is 6.33. The summed E-state index contributed by atoms with van der Waals surface area (Å²) in [4.78, 5) is 27.4. The van der Waals surface area contributed by atoms with E-state index >= 15 is 0 Å². The number of nitrogens with zero attached hydrogens (tertiary/aromatic N) is 4. The standard InChI is InChI=1S/C18H13ClF5N5O3.ClH/c1-28-12(10-6-29(7-13(20)21)27-14(10)18(22,23)24)5-25-15(28)16(30)26-8-2-3-9(17(31)32)11(19)4-8;/h2-6,13H,7H2,1H3,(H,26,30)(H,31,32);1H. The summed E-state index contributed by atoms with van der Waals surface area (Å²) in [6, 6.07) is 3.62. The number of benzene rings is 1. The zero-order valence-corrected chi connectivity index (χ0v) is 18.0. The molecule has 0 bridgehead atoms. The van der Waals surface area contributed by atoms with Crippen molar-refractivity contribution in [2.45, 2.75) is 19.1 Å². The smallest absolute Gasteiger partial charge is 0.435 e. The highest BCUT2D eigenvalue weighted by Crippen LogP contribution is 2.36. The lowest BCUT2D eigenvalue weighted by atomic mass is 10.2. The first-order chi connectivity index (χ1) is 14.9. The molecular formula is C18H14Cl2F5N5O3. The minimum absolute atomic E-state index is 0. The van der Waals surface area contributed by atoms with Gasteiger partial charge >= 0.3 is 12.1 Å². The van der Waals surface area contributed by atoms with Crippen LogP contribution in [0.4, 0.5) is 27.6 Å². The summed E-state index contributed by atoms with van der Waals surface area (Å²) in [6.07, 6.45) is -6.07. The number of carboxylic acids is 1. The zero-order valence-electron chi connectivity index (χ0n) is 16.4. The third kappa shape index (κ3) is 5.60. The highest BCUT2D eigenvalue weighted by Gasteiger charge is 2.38. The number of carbonyl (C=O) groups excluding carboxylic acids is 1. The summed E-state index contributed by atoms with van der Waals surface area (Å²) in [5.41, 5.74) is -2.17. The number of aromatic nitrogens is 4. The molecule has 0 radical (unpaired) electrons. The van der Waals surface area contributed by atoms with Crippen LogP contribution in [0.5, 0.6) is 0 Å². The average molecular weight is 514 g/mol. The molecule has 1 amide bonds. The van der Waals surface area contributed by atoms with E-state index in [1.54, 1.807) is 0 Å². The second-order valence-corrected chi connectivity index (χ2v) is 6.89. The Balaban J connectivity index is 0.00000385. The first kappa shape index (κ1) is 26.1. The van der Waals surface area contributed by atoms with Crippen molar-refractivity contribution in [2.75, 3.05) is 5.32 Å². The van der Waals surface area contributed by atoms with Crippen molar-refractivity contribution in [1.82, 2.24) is 19.3 Å². The van der Waals surface area contributed by atoms with E-state index in [-0.39, 0.29) is 40.2 Å². The van der Waals surface area contributed by atoms with Gasteiger partial charge in [-0.05, 0) is 18.2 Å². The maximum Gasteiger partial charge on any atom is 0.435 e. The quantitative estimate of drug-likeness (QED) is 0.469. The van der Waals surface area contributed by atoms with Gasteiger partial charge in [0.05, 0.1) is 28.0 Å². The van der Waals surface area contributed by atoms with Crippen LogP contribution >= 0.6 is 24.0 Å². The van der Waals surface area contributed by atoms with Crippen LogP contribution in [0.1, 0.15) is 26.7 Å². The fourth-order valence-corrected chi connectivity index (χ4v) is 3.14. The van der Waals surface area contributed by atoms with E-state index in [4.69, 9.17) is 16.7 Å². The van der Waals surface area contributed by atoms with E-state index in [1.807, 2.05) is 0 Å². The summed E-state index contributed by atoms with van der Waals surface area (Å²) < 4.78 is 66.8. The Morgan fingerprint density at radius 2 is 1.94 bits per heavy atom. The maximum absolute atomic E-state index is 13.4. The lowest BCUT2D eigenvalue weighted by Crippen LogP contribution is -2.17. The topological polar surface area (TPSA) is 102 Å². The summed E-state index contributed by atoms with van der Waals surface area (Å²) >= 11 is 5.85. The molecule has 2 aromatic heterocycles. The predicted octanol–water partition coefficient (Wildman–Crippen LogP) is 4.59. The van der Waals surface area contributed by atoms with Gasteiger partial charge in [-0.3, -0.25) is 9.48 Å². The second-order valence-electron chi connectivity index (χ2n) is 6.48. The van der Waals surface area contributed by atoms with Crippen molar-refractivity contribution in [3.8, 4) is 11.3 Å². The fraction of sp³-hybridized carbons (Fsp3) is 0.222. The number of hydrogen-bond donors (Lipinski definition) is 2. The summed E-state index contributed by atoms with van der Waals surface area (Å²) in [7, 11) is 1.27. The molecule has 1 aromatic carbocycles. The lowest BCUT2D eigenvalue weighted by Gasteiger charge is -2.09. The maximum atomic E-state index is 13.4. The van der Waals surface area contributed by atoms with Crippen LogP contribution in [0.15, 0.2) is 30.6 Å². The number of carbonyl (C=O) groups is 2. The minimum Gasteiger partial charge on any atom is -0.478 e. The molecule has 0 aliphatic carbocycles. The van der Waals surface area contributed by atoms with E-state index in [9.17, 15) is 31.5 Å². The van der Waals surface area contributed by atoms with Gasteiger partial charge in [-0.15, -0.1) is 12.4 Å². The molecular weight excluding hydrogens is 500 g/mol. The number of anilines is 1. The molecule has 2 heterocycles. The van der Waals surface area contributed by atoms with E-state index in [0.29, 0.717) is 4.68 Å². The summed E-state index contributed by atoms with van der Waals surface area (Å²) in [5, 5.41) is 14.4. The third-order valence-electron chi connectivity index (χ3n) is 4.28. The number of aromatic carboxylic acids is 1. The number of hydrogen-bond acceptors (Lipinski definition) is 4. The second kappa shape index (κ2) is 9.75. The number of alkyl halides is 5. The largest absolute Gasteiger partial charge is 0.478 e. The normalized spacial score (nSPS) is 11.4. The Labute approximate surface area is 193 Å². The molecule has 0 aliphatic heterocycles. The Bertz CT molecular complexity index is 1190. The zero-order chi connectivity index (χ0) is 23.8. The molecule has 3 rings (SSSR count). The SMILES string of the molecule is Cl.Cn1c(-c2cn(CC(F)F)nc2C(F)(F)F)cnc1C(=O)Nc1ccc(C(=O)O)c(Cl)c1. The Hall–Kier alpha value is -3.19. The van der Waals surface area contributed by atoms with Gasteiger partial charge in [0, 0.05) is 18.9 Å². The van der Waals surface area contributed by atoms with Crippen LogP contribution in [-0.4, -0.2) is 42.7 Å². The van der Waals surface area contributed by atoms with Gasteiger partial charge in [0.25, 0.3) is 12.3 Å². The first-order valence-electron chi connectivity index (χ1n) is 8.67. The van der Waals surface area contributed by atoms with Crippen molar-refractivity contribution >= 4 is 41.6 Å². The molecule has 15 heteroatoms. The van der Waals surface area contributed by atoms with Gasteiger partial charge in [0.2, 0.25) is 0 Å². The third-order valence-corrected chi connectivity index (χ3v) is 4.59. The molecule has 178 valence electrons. The molecule has 0 aliphatic rings. The van der Waals surface area contributed by atoms with Gasteiger partial charge in [-0.25, -0.2) is 18.6 Å². The predicted molar refractivity (Wildman–Crippen MR) is 109 cm³/mol. The molecule has 0 saturated heterocycles. The van der Waals surface area contributed by atoms with Crippen LogP contribution in [0.25, 0.3) is 11.3 Å². The van der Waals surface area contributed by atoms with Crippen molar-refractivity contribution < 1.29 is 36.6 Å². The van der Waals surface area contributed by atoms with Crippen LogP contribution < -0.4 is 5.32 Å². The number of carboxylic acid groups (broad SMARTS) is 1. The van der Waals surface area contributed by atoms with Gasteiger partial charge in [0.15, 0.2) is 11.5 Å². The molecule has 3 aromatic rings. The van der Waals surface area contributed by atoms with Gasteiger partial charge in [-0.1, -0.05) is 11.6 Å². The molecule has 33 heavy (non-hydrogen) atoms. The van der Waals surface area contributed by atoms with Crippen molar-refractivity contribution in [3.05, 3.63) is 52.7 Å². The minimum atomic E-state index is -4.93. The number of rotatable bonds is 6. The number of amides is 1. The van der Waals surface area contributed by atoms with Crippen LogP contribution in [0.2, 0.25) is 5.02 Å². The van der Waals surface area contributed by atoms with Gasteiger partial charge < -0.3 is 15.0 Å². The van der Waals surface area contributed by atoms with Crippen LogP contribution in [-0.2, 0) is 19.8 Å². The lowest BCUT2D eigenvalue weighted by molar-refractivity contribution is -0.141. The Morgan fingerprint density at radius 1 is 1.27 bits per heavy atom. The van der Waals surface area contributed by atoms with Crippen molar-refractivity contribution in [2.24, 2.45) is 7.05 Å². The molecule has 2 N–H and O–H groups in total. The molecule has 0 fully saturated rings. The summed E-state index contributed by atoms with van der Waals surface area (Å²) in [6.45, 7) is -1.04. The molecule has 0 spiro atoms. The van der Waals surface area contributed by atoms with Crippen LogP contribution in [0.3, 0.4) is 0 Å². The van der Waals surface area contributed by atoms with Gasteiger partial charge in [-0.2, -0.15) is 18.3 Å². The van der Waals surface area contributed by atoms with E-state index in [0.717, 1.165) is 23.0 Å².